The second-order valence-corrected chi connectivity index (χ2v) is 4.97. The van der Waals surface area contributed by atoms with Crippen LogP contribution >= 0.6 is 0 Å². The number of hydrogen-bond donors (Lipinski definition) is 0. The fourth-order valence-corrected chi connectivity index (χ4v) is 1.24. The Labute approximate surface area is 117 Å². The van der Waals surface area contributed by atoms with E-state index >= 15 is 0 Å². The van der Waals surface area contributed by atoms with Gasteiger partial charge in [-0.25, -0.2) is 0 Å². The minimum atomic E-state index is -6.33. The summed E-state index contributed by atoms with van der Waals surface area (Å²) in [6, 6.07) is 0. The van der Waals surface area contributed by atoms with Crippen molar-refractivity contribution in [1.82, 2.24) is 0 Å². The summed E-state index contributed by atoms with van der Waals surface area (Å²) in [6.07, 6.45) is -3.47. The third kappa shape index (κ3) is 3.49. The molecule has 0 heterocycles. The van der Waals surface area contributed by atoms with Crippen molar-refractivity contribution in [2.75, 3.05) is 6.61 Å². The second kappa shape index (κ2) is 6.10. The van der Waals surface area contributed by atoms with Crippen LogP contribution in [0.4, 0.5) is 35.1 Å². The Kier molecular flexibility index (Phi) is 5.85. The van der Waals surface area contributed by atoms with Gasteiger partial charge in [-0.2, -0.15) is 35.1 Å². The van der Waals surface area contributed by atoms with Gasteiger partial charge >= 0.3 is 23.7 Å². The molecule has 0 aromatic rings. The zero-order valence-electron chi connectivity index (χ0n) is 11.6. The van der Waals surface area contributed by atoms with Crippen LogP contribution in [0.5, 0.6) is 0 Å². The van der Waals surface area contributed by atoms with Gasteiger partial charge in [0.1, 0.15) is 6.10 Å². The normalized spacial score (nSPS) is 16.2. The molecule has 0 N–H and O–H groups in total. The van der Waals surface area contributed by atoms with Crippen LogP contribution in [0.2, 0.25) is 0 Å². The standard InChI is InChI=1S/C12H16F8O/c1-5-9(13,14)11(17,18)12(19,20)10(15,16)8(4)21-6-7(2)3/h5,7-8H,1,6H2,2-4H3. The van der Waals surface area contributed by atoms with E-state index in [0.29, 0.717) is 6.92 Å². The molecule has 0 amide bonds. The number of allylic oxidation sites excluding steroid dienone is 1. The molecule has 0 aliphatic carbocycles. The van der Waals surface area contributed by atoms with Gasteiger partial charge < -0.3 is 4.74 Å². The van der Waals surface area contributed by atoms with Crippen LogP contribution in [0.15, 0.2) is 12.7 Å². The molecule has 1 unspecified atom stereocenters. The maximum absolute atomic E-state index is 13.5. The van der Waals surface area contributed by atoms with E-state index in [4.69, 9.17) is 0 Å². The van der Waals surface area contributed by atoms with Gasteiger partial charge in [-0.05, 0) is 18.9 Å². The van der Waals surface area contributed by atoms with E-state index in [1.807, 2.05) is 0 Å². The maximum Gasteiger partial charge on any atom is 0.382 e. The Balaban J connectivity index is 5.50. The highest BCUT2D eigenvalue weighted by molar-refractivity contribution is 5.10. The lowest BCUT2D eigenvalue weighted by molar-refractivity contribution is -0.372. The van der Waals surface area contributed by atoms with E-state index in [-0.39, 0.29) is 5.92 Å². The molecule has 0 radical (unpaired) electrons. The summed E-state index contributed by atoms with van der Waals surface area (Å²) < 4.78 is 110. The molecule has 0 rings (SSSR count). The molecule has 0 fully saturated rings. The van der Waals surface area contributed by atoms with Gasteiger partial charge in [0.05, 0.1) is 0 Å². The van der Waals surface area contributed by atoms with Gasteiger partial charge in [0.25, 0.3) is 0 Å². The highest BCUT2D eigenvalue weighted by Crippen LogP contribution is 2.54. The van der Waals surface area contributed by atoms with Gasteiger partial charge in [0, 0.05) is 6.61 Å². The third-order valence-corrected chi connectivity index (χ3v) is 2.68. The lowest BCUT2D eigenvalue weighted by atomic mass is 9.95. The molecule has 0 aliphatic rings. The molecule has 0 aliphatic heterocycles. The van der Waals surface area contributed by atoms with Crippen molar-refractivity contribution in [2.24, 2.45) is 5.92 Å². The molecule has 0 saturated heterocycles. The van der Waals surface area contributed by atoms with Crippen LogP contribution in [0.25, 0.3) is 0 Å². The minimum Gasteiger partial charge on any atom is -0.372 e. The van der Waals surface area contributed by atoms with Crippen LogP contribution in [0.1, 0.15) is 20.8 Å². The van der Waals surface area contributed by atoms with E-state index in [1.165, 1.54) is 13.8 Å². The molecule has 0 saturated carbocycles. The Morgan fingerprint density at radius 3 is 1.67 bits per heavy atom. The molecule has 1 atom stereocenters. The molecule has 0 aromatic heterocycles. The summed E-state index contributed by atoms with van der Waals surface area (Å²) in [4.78, 5) is 0. The molecule has 126 valence electrons. The molecule has 21 heavy (non-hydrogen) atoms. The van der Waals surface area contributed by atoms with Crippen LogP contribution in [0.3, 0.4) is 0 Å². The average Bonchev–Trinajstić information content (AvgIpc) is 2.34. The zero-order chi connectivity index (χ0) is 17.3. The van der Waals surface area contributed by atoms with Gasteiger partial charge in [-0.15, -0.1) is 0 Å². The highest BCUT2D eigenvalue weighted by Gasteiger charge is 2.81. The first-order chi connectivity index (χ1) is 9.15. The average molecular weight is 328 g/mol. The summed E-state index contributed by atoms with van der Waals surface area (Å²) in [5.41, 5.74) is 0. The van der Waals surface area contributed by atoms with Crippen molar-refractivity contribution in [2.45, 2.75) is 50.6 Å². The fraction of sp³-hybridized carbons (Fsp3) is 0.833. The van der Waals surface area contributed by atoms with Crippen LogP contribution in [-0.4, -0.2) is 36.4 Å². The number of hydrogen-bond acceptors (Lipinski definition) is 1. The molecular formula is C12H16F8O. The number of ether oxygens (including phenoxy) is 1. The predicted octanol–water partition coefficient (Wildman–Crippen LogP) is 4.77. The molecule has 0 bridgehead atoms. The highest BCUT2D eigenvalue weighted by atomic mass is 19.4. The van der Waals surface area contributed by atoms with E-state index in [0.717, 1.165) is 0 Å². The molecular weight excluding hydrogens is 312 g/mol. The first kappa shape index (κ1) is 20.1. The third-order valence-electron chi connectivity index (χ3n) is 2.68. The number of rotatable bonds is 8. The quantitative estimate of drug-likeness (QED) is 0.460. The Morgan fingerprint density at radius 2 is 1.33 bits per heavy atom. The van der Waals surface area contributed by atoms with Crippen molar-refractivity contribution in [3.8, 4) is 0 Å². The van der Waals surface area contributed by atoms with Crippen molar-refractivity contribution >= 4 is 0 Å². The first-order valence-corrected chi connectivity index (χ1v) is 5.91. The van der Waals surface area contributed by atoms with Gasteiger partial charge in [-0.1, -0.05) is 20.4 Å². The summed E-state index contributed by atoms with van der Waals surface area (Å²) in [6.45, 7) is 5.26. The van der Waals surface area contributed by atoms with Crippen molar-refractivity contribution < 1.29 is 39.9 Å². The second-order valence-electron chi connectivity index (χ2n) is 4.97. The Hall–Kier alpha value is -0.860. The van der Waals surface area contributed by atoms with E-state index in [2.05, 4.69) is 11.3 Å². The van der Waals surface area contributed by atoms with E-state index in [9.17, 15) is 35.1 Å². The monoisotopic (exact) mass is 328 g/mol. The first-order valence-electron chi connectivity index (χ1n) is 5.91. The van der Waals surface area contributed by atoms with Gasteiger partial charge in [-0.3, -0.25) is 0 Å². The van der Waals surface area contributed by atoms with Crippen molar-refractivity contribution in [1.29, 1.82) is 0 Å². The lowest BCUT2D eigenvalue weighted by Gasteiger charge is -2.38. The molecule has 9 heteroatoms. The smallest absolute Gasteiger partial charge is 0.372 e. The SMILES string of the molecule is C=CC(F)(F)C(F)(F)C(F)(F)C(F)(F)C(C)OCC(C)C. The van der Waals surface area contributed by atoms with E-state index < -0.39 is 42.5 Å². The van der Waals surface area contributed by atoms with Crippen LogP contribution in [0, 0.1) is 5.92 Å². The van der Waals surface area contributed by atoms with E-state index in [1.54, 1.807) is 0 Å². The Morgan fingerprint density at radius 1 is 0.905 bits per heavy atom. The summed E-state index contributed by atoms with van der Waals surface area (Å²) in [5.74, 6) is -24.0. The summed E-state index contributed by atoms with van der Waals surface area (Å²) in [5, 5.41) is 0. The van der Waals surface area contributed by atoms with Crippen molar-refractivity contribution in [3.63, 3.8) is 0 Å². The topological polar surface area (TPSA) is 9.23 Å². The molecule has 1 nitrogen and oxygen atoms in total. The zero-order valence-corrected chi connectivity index (χ0v) is 11.6. The predicted molar refractivity (Wildman–Crippen MR) is 60.2 cm³/mol. The van der Waals surface area contributed by atoms with Crippen molar-refractivity contribution in [3.05, 3.63) is 12.7 Å². The minimum absolute atomic E-state index is 0.341. The summed E-state index contributed by atoms with van der Waals surface area (Å²) >= 11 is 0. The number of halogens is 8. The van der Waals surface area contributed by atoms with Gasteiger partial charge in [0.15, 0.2) is 0 Å². The lowest BCUT2D eigenvalue weighted by Crippen LogP contribution is -2.64. The van der Waals surface area contributed by atoms with Crippen LogP contribution in [-0.2, 0) is 4.74 Å². The number of alkyl halides is 8. The fourth-order valence-electron chi connectivity index (χ4n) is 1.24. The van der Waals surface area contributed by atoms with Gasteiger partial charge in [0.2, 0.25) is 0 Å². The largest absolute Gasteiger partial charge is 0.382 e. The Bertz CT molecular complexity index is 364. The molecule has 0 aromatic carbocycles. The maximum atomic E-state index is 13.5. The van der Waals surface area contributed by atoms with Crippen LogP contribution < -0.4 is 0 Å². The summed E-state index contributed by atoms with van der Waals surface area (Å²) in [7, 11) is 0. The molecule has 0 spiro atoms.